The maximum atomic E-state index is 11.8. The largest absolute Gasteiger partial charge is 0.444 e. The number of amides is 1. The molecule has 2 unspecified atom stereocenters. The first-order valence-corrected chi connectivity index (χ1v) is 6.51. The molecule has 1 amide bonds. The zero-order valence-corrected chi connectivity index (χ0v) is 11.5. The van der Waals surface area contributed by atoms with Crippen LogP contribution in [-0.2, 0) is 4.74 Å². The van der Waals surface area contributed by atoms with Crippen LogP contribution in [-0.4, -0.2) is 34.5 Å². The molecule has 1 heterocycles. The van der Waals surface area contributed by atoms with Gasteiger partial charge in [-0.2, -0.15) is 0 Å². The molecule has 0 bridgehead atoms. The standard InChI is InChI=1S/C11H20BrNO2/c1-8-5-9(6-12)7-13(8)10(14)15-11(2,3)4/h8-9H,5-7H2,1-4H3. The second-order valence-electron chi connectivity index (χ2n) is 5.24. The number of carbonyl (C=O) groups excluding carboxylic acids is 1. The maximum absolute atomic E-state index is 11.8. The fraction of sp³-hybridized carbons (Fsp3) is 0.909. The summed E-state index contributed by atoms with van der Waals surface area (Å²) in [5.74, 6) is 0.563. The molecule has 0 aromatic rings. The summed E-state index contributed by atoms with van der Waals surface area (Å²) >= 11 is 3.46. The molecule has 1 fully saturated rings. The van der Waals surface area contributed by atoms with Gasteiger partial charge in [0.05, 0.1) is 0 Å². The van der Waals surface area contributed by atoms with E-state index in [9.17, 15) is 4.79 Å². The summed E-state index contributed by atoms with van der Waals surface area (Å²) in [7, 11) is 0. The first-order valence-electron chi connectivity index (χ1n) is 5.39. The molecule has 0 radical (unpaired) electrons. The number of halogens is 1. The molecule has 0 aromatic heterocycles. The van der Waals surface area contributed by atoms with Crippen molar-refractivity contribution in [2.45, 2.75) is 45.8 Å². The third-order valence-corrected chi connectivity index (χ3v) is 3.42. The highest BCUT2D eigenvalue weighted by molar-refractivity contribution is 9.09. The Morgan fingerprint density at radius 1 is 1.53 bits per heavy atom. The van der Waals surface area contributed by atoms with Crippen LogP contribution >= 0.6 is 15.9 Å². The lowest BCUT2D eigenvalue weighted by Crippen LogP contribution is -2.38. The first kappa shape index (κ1) is 12.8. The van der Waals surface area contributed by atoms with E-state index < -0.39 is 5.60 Å². The van der Waals surface area contributed by atoms with Crippen molar-refractivity contribution in [3.05, 3.63) is 0 Å². The van der Waals surface area contributed by atoms with Crippen molar-refractivity contribution in [3.8, 4) is 0 Å². The fourth-order valence-electron chi connectivity index (χ4n) is 1.83. The Hall–Kier alpha value is -0.250. The molecule has 88 valence electrons. The summed E-state index contributed by atoms with van der Waals surface area (Å²) in [4.78, 5) is 13.7. The van der Waals surface area contributed by atoms with Crippen LogP contribution in [0, 0.1) is 5.92 Å². The monoisotopic (exact) mass is 277 g/mol. The van der Waals surface area contributed by atoms with Crippen LogP contribution in [0.2, 0.25) is 0 Å². The SMILES string of the molecule is CC1CC(CBr)CN1C(=O)OC(C)(C)C. The van der Waals surface area contributed by atoms with Crippen LogP contribution in [0.25, 0.3) is 0 Å². The highest BCUT2D eigenvalue weighted by atomic mass is 79.9. The van der Waals surface area contributed by atoms with Gasteiger partial charge in [-0.1, -0.05) is 15.9 Å². The van der Waals surface area contributed by atoms with Gasteiger partial charge in [0.15, 0.2) is 0 Å². The Morgan fingerprint density at radius 3 is 2.53 bits per heavy atom. The van der Waals surface area contributed by atoms with Crippen molar-refractivity contribution < 1.29 is 9.53 Å². The Labute approximate surface area is 100 Å². The van der Waals surface area contributed by atoms with Gasteiger partial charge in [-0.3, -0.25) is 0 Å². The van der Waals surface area contributed by atoms with E-state index in [1.165, 1.54) is 0 Å². The Morgan fingerprint density at radius 2 is 2.13 bits per heavy atom. The summed E-state index contributed by atoms with van der Waals surface area (Å²) in [6.07, 6.45) is 0.878. The molecular formula is C11H20BrNO2. The van der Waals surface area contributed by atoms with Crippen LogP contribution in [0.4, 0.5) is 4.79 Å². The number of alkyl halides is 1. The van der Waals surface area contributed by atoms with Crippen molar-refractivity contribution in [1.29, 1.82) is 0 Å². The van der Waals surface area contributed by atoms with Gasteiger partial charge in [0.25, 0.3) is 0 Å². The van der Waals surface area contributed by atoms with Gasteiger partial charge in [0, 0.05) is 17.9 Å². The van der Waals surface area contributed by atoms with Gasteiger partial charge in [0.1, 0.15) is 5.60 Å². The molecule has 2 atom stereocenters. The smallest absolute Gasteiger partial charge is 0.410 e. The van der Waals surface area contributed by atoms with Crippen LogP contribution in [0.3, 0.4) is 0 Å². The van der Waals surface area contributed by atoms with Crippen LogP contribution in [0.5, 0.6) is 0 Å². The molecule has 15 heavy (non-hydrogen) atoms. The molecule has 0 spiro atoms. The molecule has 1 aliphatic rings. The number of ether oxygens (including phenoxy) is 1. The van der Waals surface area contributed by atoms with Crippen molar-refractivity contribution in [1.82, 2.24) is 4.90 Å². The minimum atomic E-state index is -0.400. The quantitative estimate of drug-likeness (QED) is 0.690. The van der Waals surface area contributed by atoms with E-state index in [4.69, 9.17) is 4.74 Å². The maximum Gasteiger partial charge on any atom is 0.410 e. The number of likely N-dealkylation sites (tertiary alicyclic amines) is 1. The third-order valence-electron chi connectivity index (χ3n) is 2.51. The minimum absolute atomic E-state index is 0.182. The van der Waals surface area contributed by atoms with E-state index in [-0.39, 0.29) is 6.09 Å². The normalized spacial score (nSPS) is 26.9. The number of carbonyl (C=O) groups is 1. The van der Waals surface area contributed by atoms with E-state index in [2.05, 4.69) is 22.9 Å². The summed E-state index contributed by atoms with van der Waals surface area (Å²) in [5.41, 5.74) is -0.400. The lowest BCUT2D eigenvalue weighted by molar-refractivity contribution is 0.0235. The van der Waals surface area contributed by atoms with Gasteiger partial charge < -0.3 is 9.64 Å². The van der Waals surface area contributed by atoms with E-state index in [1.54, 1.807) is 0 Å². The third kappa shape index (κ3) is 3.67. The van der Waals surface area contributed by atoms with Crippen molar-refractivity contribution in [2.24, 2.45) is 5.92 Å². The van der Waals surface area contributed by atoms with Crippen molar-refractivity contribution in [3.63, 3.8) is 0 Å². The van der Waals surface area contributed by atoms with Crippen LogP contribution < -0.4 is 0 Å². The van der Waals surface area contributed by atoms with Crippen molar-refractivity contribution in [2.75, 3.05) is 11.9 Å². The van der Waals surface area contributed by atoms with Crippen molar-refractivity contribution >= 4 is 22.0 Å². The Bertz CT molecular complexity index is 237. The predicted molar refractivity (Wildman–Crippen MR) is 64.3 cm³/mol. The van der Waals surface area contributed by atoms with Gasteiger partial charge in [0.2, 0.25) is 0 Å². The molecule has 0 saturated carbocycles. The highest BCUT2D eigenvalue weighted by Crippen LogP contribution is 2.26. The van der Waals surface area contributed by atoms with Crippen LogP contribution in [0.15, 0.2) is 0 Å². The average Bonchev–Trinajstić information content (AvgIpc) is 2.43. The van der Waals surface area contributed by atoms with E-state index in [1.807, 2.05) is 25.7 Å². The van der Waals surface area contributed by atoms with Gasteiger partial charge in [-0.05, 0) is 40.0 Å². The Kier molecular flexibility index (Phi) is 4.04. The van der Waals surface area contributed by atoms with Gasteiger partial charge in [-0.25, -0.2) is 4.79 Å². The summed E-state index contributed by atoms with van der Waals surface area (Å²) in [6, 6.07) is 0.294. The molecule has 1 aliphatic heterocycles. The topological polar surface area (TPSA) is 29.5 Å². The average molecular weight is 278 g/mol. The number of hydrogen-bond donors (Lipinski definition) is 0. The Balaban J connectivity index is 2.54. The molecule has 1 rings (SSSR count). The molecule has 0 aliphatic carbocycles. The van der Waals surface area contributed by atoms with Gasteiger partial charge >= 0.3 is 6.09 Å². The van der Waals surface area contributed by atoms with Gasteiger partial charge in [-0.15, -0.1) is 0 Å². The molecule has 0 aromatic carbocycles. The molecular weight excluding hydrogens is 258 g/mol. The summed E-state index contributed by atoms with van der Waals surface area (Å²) < 4.78 is 5.36. The molecule has 0 N–H and O–H groups in total. The lowest BCUT2D eigenvalue weighted by Gasteiger charge is -2.26. The number of hydrogen-bond acceptors (Lipinski definition) is 2. The second kappa shape index (κ2) is 4.73. The first-order chi connectivity index (χ1) is 6.83. The van der Waals surface area contributed by atoms with E-state index in [0.717, 1.165) is 18.3 Å². The van der Waals surface area contributed by atoms with Crippen LogP contribution in [0.1, 0.15) is 34.1 Å². The molecule has 3 nitrogen and oxygen atoms in total. The zero-order valence-electron chi connectivity index (χ0n) is 9.92. The second-order valence-corrected chi connectivity index (χ2v) is 5.89. The predicted octanol–water partition coefficient (Wildman–Crippen LogP) is 3.03. The van der Waals surface area contributed by atoms with E-state index in [0.29, 0.717) is 12.0 Å². The highest BCUT2D eigenvalue weighted by Gasteiger charge is 2.34. The number of rotatable bonds is 1. The molecule has 4 heteroatoms. The minimum Gasteiger partial charge on any atom is -0.444 e. The lowest BCUT2D eigenvalue weighted by atomic mass is 10.1. The fourth-order valence-corrected chi connectivity index (χ4v) is 2.30. The van der Waals surface area contributed by atoms with E-state index >= 15 is 0 Å². The number of nitrogens with zero attached hydrogens (tertiary/aromatic N) is 1. The summed E-state index contributed by atoms with van der Waals surface area (Å²) in [5, 5.41) is 0.955. The zero-order chi connectivity index (χ0) is 11.6. The summed E-state index contributed by atoms with van der Waals surface area (Å²) in [6.45, 7) is 8.57. The molecule has 1 saturated heterocycles.